The first-order valence-corrected chi connectivity index (χ1v) is 8.48. The molecule has 3 rings (SSSR count). The minimum absolute atomic E-state index is 0.119. The maximum Gasteiger partial charge on any atom is 0.229 e. The van der Waals surface area contributed by atoms with Gasteiger partial charge in [-0.1, -0.05) is 0 Å². The van der Waals surface area contributed by atoms with E-state index in [1.807, 2.05) is 13.8 Å². The molecular weight excluding hydrogens is 347 g/mol. The predicted molar refractivity (Wildman–Crippen MR) is 99.8 cm³/mol. The number of hydrogen-bond acceptors (Lipinski definition) is 5. The van der Waals surface area contributed by atoms with Crippen molar-refractivity contribution < 1.29 is 13.9 Å². The Kier molecular flexibility index (Phi) is 5.71. The zero-order valence-corrected chi connectivity index (χ0v) is 15.0. The Balaban J connectivity index is 1.81. The second-order valence-electron chi connectivity index (χ2n) is 6.18. The van der Waals surface area contributed by atoms with Crippen molar-refractivity contribution in [1.29, 1.82) is 0 Å². The highest BCUT2D eigenvalue weighted by Crippen LogP contribution is 2.31. The Labute approximate surface area is 156 Å². The van der Waals surface area contributed by atoms with Crippen LogP contribution in [-0.4, -0.2) is 27.0 Å². The van der Waals surface area contributed by atoms with Crippen LogP contribution in [0.25, 0.3) is 11.3 Å². The molecule has 1 amide bonds. The number of halogens is 1. The van der Waals surface area contributed by atoms with E-state index >= 15 is 0 Å². The summed E-state index contributed by atoms with van der Waals surface area (Å²) in [6, 6.07) is 9.44. The molecule has 2 heterocycles. The number of aromatic nitrogens is 3. The van der Waals surface area contributed by atoms with Gasteiger partial charge in [0.05, 0.1) is 18.2 Å². The van der Waals surface area contributed by atoms with Gasteiger partial charge in [-0.05, 0) is 43.7 Å². The number of anilines is 1. The third kappa shape index (κ3) is 5.07. The molecule has 0 saturated carbocycles. The number of carbonyl (C=O) groups excluding carboxylic acids is 1. The summed E-state index contributed by atoms with van der Waals surface area (Å²) in [6.07, 6.45) is 4.71. The van der Waals surface area contributed by atoms with E-state index in [4.69, 9.17) is 4.74 Å². The van der Waals surface area contributed by atoms with E-state index in [2.05, 4.69) is 20.3 Å². The lowest BCUT2D eigenvalue weighted by Gasteiger charge is -2.14. The predicted octanol–water partition coefficient (Wildman–Crippen LogP) is 3.65. The van der Waals surface area contributed by atoms with Crippen molar-refractivity contribution in [2.24, 2.45) is 0 Å². The Hall–Kier alpha value is -3.35. The Bertz CT molecular complexity index is 932. The monoisotopic (exact) mass is 366 g/mol. The van der Waals surface area contributed by atoms with Crippen LogP contribution in [0.3, 0.4) is 0 Å². The zero-order valence-electron chi connectivity index (χ0n) is 15.0. The SMILES string of the molecule is CC(C)Oc1cc(F)ccc1-c1cc(NC(=O)Cc2ccncc2)ncn1. The molecule has 0 fully saturated rings. The summed E-state index contributed by atoms with van der Waals surface area (Å²) in [6.45, 7) is 3.72. The topological polar surface area (TPSA) is 77.0 Å². The first-order chi connectivity index (χ1) is 13.0. The van der Waals surface area contributed by atoms with Gasteiger partial charge >= 0.3 is 0 Å². The van der Waals surface area contributed by atoms with Crippen molar-refractivity contribution in [1.82, 2.24) is 15.0 Å². The molecule has 2 aromatic heterocycles. The quantitative estimate of drug-likeness (QED) is 0.721. The molecule has 0 saturated heterocycles. The summed E-state index contributed by atoms with van der Waals surface area (Å²) in [5, 5.41) is 2.75. The van der Waals surface area contributed by atoms with E-state index in [0.29, 0.717) is 22.8 Å². The molecule has 138 valence electrons. The number of pyridine rings is 1. The molecule has 0 aliphatic heterocycles. The van der Waals surface area contributed by atoms with Crippen LogP contribution in [0.5, 0.6) is 5.75 Å². The smallest absolute Gasteiger partial charge is 0.229 e. The van der Waals surface area contributed by atoms with Crippen molar-refractivity contribution in [3.05, 3.63) is 66.5 Å². The van der Waals surface area contributed by atoms with E-state index in [-0.39, 0.29) is 18.4 Å². The van der Waals surface area contributed by atoms with Crippen molar-refractivity contribution >= 4 is 11.7 Å². The highest BCUT2D eigenvalue weighted by Gasteiger charge is 2.13. The first-order valence-electron chi connectivity index (χ1n) is 8.48. The van der Waals surface area contributed by atoms with Gasteiger partial charge < -0.3 is 10.1 Å². The van der Waals surface area contributed by atoms with Crippen molar-refractivity contribution in [2.45, 2.75) is 26.4 Å². The van der Waals surface area contributed by atoms with Gasteiger partial charge in [0.2, 0.25) is 5.91 Å². The molecule has 1 aromatic carbocycles. The minimum Gasteiger partial charge on any atom is -0.490 e. The number of benzene rings is 1. The summed E-state index contributed by atoms with van der Waals surface area (Å²) < 4.78 is 19.3. The third-order valence-electron chi connectivity index (χ3n) is 3.63. The average molecular weight is 366 g/mol. The Morgan fingerprint density at radius 1 is 1.15 bits per heavy atom. The lowest BCUT2D eigenvalue weighted by Crippen LogP contribution is -2.15. The number of rotatable bonds is 6. The molecule has 0 atom stereocenters. The molecule has 0 aliphatic carbocycles. The number of nitrogens with zero attached hydrogens (tertiary/aromatic N) is 3. The number of amides is 1. The van der Waals surface area contributed by atoms with E-state index < -0.39 is 5.82 Å². The number of nitrogens with one attached hydrogen (secondary N) is 1. The van der Waals surface area contributed by atoms with Crippen LogP contribution in [0.15, 0.2) is 55.1 Å². The normalized spacial score (nSPS) is 10.7. The molecule has 0 aliphatic rings. The van der Waals surface area contributed by atoms with Crippen molar-refractivity contribution in [2.75, 3.05) is 5.32 Å². The van der Waals surface area contributed by atoms with E-state index in [9.17, 15) is 9.18 Å². The number of ether oxygens (including phenoxy) is 1. The van der Waals surface area contributed by atoms with Gasteiger partial charge in [0.1, 0.15) is 23.7 Å². The molecule has 0 spiro atoms. The van der Waals surface area contributed by atoms with Crippen LogP contribution < -0.4 is 10.1 Å². The summed E-state index contributed by atoms with van der Waals surface area (Å²) in [5.41, 5.74) is 2.00. The van der Waals surface area contributed by atoms with Gasteiger partial charge in [-0.25, -0.2) is 14.4 Å². The number of carbonyl (C=O) groups is 1. The summed E-state index contributed by atoms with van der Waals surface area (Å²) >= 11 is 0. The second kappa shape index (κ2) is 8.35. The number of hydrogen-bond donors (Lipinski definition) is 1. The van der Waals surface area contributed by atoms with Gasteiger partial charge in [0.25, 0.3) is 0 Å². The standard InChI is InChI=1S/C20H19FN4O2/c1-13(2)27-18-10-15(21)3-4-16(18)17-11-19(24-12-23-17)25-20(26)9-14-5-7-22-8-6-14/h3-8,10-13H,9H2,1-2H3,(H,23,24,25,26). The molecule has 1 N–H and O–H groups in total. The van der Waals surface area contributed by atoms with Gasteiger partial charge in [-0.15, -0.1) is 0 Å². The van der Waals surface area contributed by atoms with E-state index in [1.54, 1.807) is 36.7 Å². The molecule has 7 heteroatoms. The summed E-state index contributed by atoms with van der Waals surface area (Å²) in [7, 11) is 0. The maximum absolute atomic E-state index is 13.6. The molecule has 0 unspecified atom stereocenters. The van der Waals surface area contributed by atoms with Crippen LogP contribution in [0, 0.1) is 5.82 Å². The van der Waals surface area contributed by atoms with Gasteiger partial charge in [0.15, 0.2) is 0 Å². The fraction of sp³-hybridized carbons (Fsp3) is 0.200. The molecule has 27 heavy (non-hydrogen) atoms. The van der Waals surface area contributed by atoms with Gasteiger partial charge in [-0.2, -0.15) is 0 Å². The second-order valence-corrected chi connectivity index (χ2v) is 6.18. The fourth-order valence-electron chi connectivity index (χ4n) is 2.51. The van der Waals surface area contributed by atoms with E-state index in [0.717, 1.165) is 5.56 Å². The van der Waals surface area contributed by atoms with Crippen LogP contribution in [-0.2, 0) is 11.2 Å². The lowest BCUT2D eigenvalue weighted by atomic mass is 10.1. The minimum atomic E-state index is -0.394. The molecule has 6 nitrogen and oxygen atoms in total. The summed E-state index contributed by atoms with van der Waals surface area (Å²) in [5.74, 6) is 0.148. The molecule has 0 radical (unpaired) electrons. The van der Waals surface area contributed by atoms with E-state index in [1.165, 1.54) is 18.5 Å². The van der Waals surface area contributed by atoms with Crippen LogP contribution in [0.2, 0.25) is 0 Å². The fourth-order valence-corrected chi connectivity index (χ4v) is 2.51. The Morgan fingerprint density at radius 2 is 1.93 bits per heavy atom. The zero-order chi connectivity index (χ0) is 19.2. The highest BCUT2D eigenvalue weighted by atomic mass is 19.1. The molecule has 0 bridgehead atoms. The Morgan fingerprint density at radius 3 is 2.67 bits per heavy atom. The maximum atomic E-state index is 13.6. The van der Waals surface area contributed by atoms with Crippen LogP contribution in [0.4, 0.5) is 10.2 Å². The van der Waals surface area contributed by atoms with Crippen LogP contribution >= 0.6 is 0 Å². The van der Waals surface area contributed by atoms with Crippen molar-refractivity contribution in [3.8, 4) is 17.0 Å². The molecular formula is C20H19FN4O2. The largest absolute Gasteiger partial charge is 0.490 e. The lowest BCUT2D eigenvalue weighted by molar-refractivity contribution is -0.115. The average Bonchev–Trinajstić information content (AvgIpc) is 2.62. The third-order valence-corrected chi connectivity index (χ3v) is 3.63. The summed E-state index contributed by atoms with van der Waals surface area (Å²) in [4.78, 5) is 24.5. The highest BCUT2D eigenvalue weighted by molar-refractivity contribution is 5.91. The van der Waals surface area contributed by atoms with Crippen LogP contribution in [0.1, 0.15) is 19.4 Å². The molecule has 3 aromatic rings. The first kappa shape index (κ1) is 18.4. The van der Waals surface area contributed by atoms with Gasteiger partial charge in [-0.3, -0.25) is 9.78 Å². The van der Waals surface area contributed by atoms with Gasteiger partial charge in [0, 0.05) is 30.1 Å². The van der Waals surface area contributed by atoms with Crippen molar-refractivity contribution in [3.63, 3.8) is 0 Å².